The fraction of sp³-hybridized carbons (Fsp3) is 0.278. The second-order valence-corrected chi connectivity index (χ2v) is 5.88. The van der Waals surface area contributed by atoms with E-state index in [-0.39, 0.29) is 36.8 Å². The minimum Gasteiger partial charge on any atom is -0.439 e. The Morgan fingerprint density at radius 1 is 1.29 bits per heavy atom. The largest absolute Gasteiger partial charge is 0.439 e. The molecule has 28 heavy (non-hydrogen) atoms. The Morgan fingerprint density at radius 3 is 2.71 bits per heavy atom. The molecule has 2 amide bonds. The second-order valence-electron chi connectivity index (χ2n) is 5.88. The zero-order valence-electron chi connectivity index (χ0n) is 15.1. The van der Waals surface area contributed by atoms with Gasteiger partial charge in [0.1, 0.15) is 11.8 Å². The van der Waals surface area contributed by atoms with Crippen LogP contribution in [-0.4, -0.2) is 42.1 Å². The van der Waals surface area contributed by atoms with Gasteiger partial charge in [-0.2, -0.15) is 0 Å². The van der Waals surface area contributed by atoms with Crippen LogP contribution in [0.4, 0.5) is 5.69 Å². The number of anilines is 1. The predicted octanol–water partition coefficient (Wildman–Crippen LogP) is 2.13. The molecule has 0 aliphatic carbocycles. The number of primary amides is 1. The van der Waals surface area contributed by atoms with E-state index in [9.17, 15) is 9.59 Å². The van der Waals surface area contributed by atoms with Crippen LogP contribution in [0.5, 0.6) is 11.6 Å². The molecule has 2 atom stereocenters. The van der Waals surface area contributed by atoms with Crippen molar-refractivity contribution in [2.24, 2.45) is 5.73 Å². The lowest BCUT2D eigenvalue weighted by Crippen LogP contribution is -2.53. The number of nitrogens with one attached hydrogen (secondary N) is 2. The number of hydrogen-bond donors (Lipinski definition) is 3. The number of pyridine rings is 1. The number of nitrogens with zero attached hydrogens (tertiary/aromatic N) is 1. The molecule has 0 bridgehead atoms. The summed E-state index contributed by atoms with van der Waals surface area (Å²) >= 11 is 0. The lowest BCUT2D eigenvalue weighted by Gasteiger charge is -2.29. The standard InChI is InChI=1S/C18H20N4O4.2ClH/c1-11-16(20-7-8-25-11)18(24)22-13-5-6-15(21-10-13)26-14-4-2-3-12(9-14)17(19)23;;/h2-6,9-11,16,20H,7-8H2,1H3,(H2,19,23)(H,22,24);2*1H/t11-,16+;;/m1../s1. The zero-order chi connectivity index (χ0) is 18.5. The number of carbonyl (C=O) groups excluding carboxylic acids is 2. The first-order valence-electron chi connectivity index (χ1n) is 8.22. The van der Waals surface area contributed by atoms with Gasteiger partial charge in [0.2, 0.25) is 17.7 Å². The first-order valence-corrected chi connectivity index (χ1v) is 8.22. The van der Waals surface area contributed by atoms with Crippen molar-refractivity contribution in [3.63, 3.8) is 0 Å². The average Bonchev–Trinajstić information content (AvgIpc) is 2.64. The summed E-state index contributed by atoms with van der Waals surface area (Å²) in [5.41, 5.74) is 6.15. The van der Waals surface area contributed by atoms with Gasteiger partial charge in [-0.25, -0.2) is 4.98 Å². The summed E-state index contributed by atoms with van der Waals surface area (Å²) in [5, 5.41) is 5.92. The third-order valence-electron chi connectivity index (χ3n) is 3.94. The maximum atomic E-state index is 12.3. The Bertz CT molecular complexity index is 804. The molecule has 0 saturated carbocycles. The minimum atomic E-state index is -0.531. The van der Waals surface area contributed by atoms with E-state index in [0.29, 0.717) is 36.0 Å². The van der Waals surface area contributed by atoms with Gasteiger partial charge in [-0.05, 0) is 31.2 Å². The molecule has 1 aliphatic heterocycles. The van der Waals surface area contributed by atoms with Crippen LogP contribution in [-0.2, 0) is 9.53 Å². The molecule has 152 valence electrons. The van der Waals surface area contributed by atoms with E-state index in [1.165, 1.54) is 12.3 Å². The normalized spacial score (nSPS) is 18.2. The minimum absolute atomic E-state index is 0. The predicted molar refractivity (Wildman–Crippen MR) is 110 cm³/mol. The van der Waals surface area contributed by atoms with Gasteiger partial charge in [0, 0.05) is 18.2 Å². The fourth-order valence-corrected chi connectivity index (χ4v) is 2.60. The van der Waals surface area contributed by atoms with Gasteiger partial charge in [0.15, 0.2) is 0 Å². The molecule has 0 spiro atoms. The summed E-state index contributed by atoms with van der Waals surface area (Å²) in [6, 6.07) is 9.41. The average molecular weight is 429 g/mol. The maximum absolute atomic E-state index is 12.3. The van der Waals surface area contributed by atoms with Gasteiger partial charge in [-0.3, -0.25) is 9.59 Å². The van der Waals surface area contributed by atoms with E-state index in [2.05, 4.69) is 15.6 Å². The molecule has 4 N–H and O–H groups in total. The third kappa shape index (κ3) is 6.07. The number of ether oxygens (including phenoxy) is 2. The van der Waals surface area contributed by atoms with Crippen molar-refractivity contribution >= 4 is 42.3 Å². The highest BCUT2D eigenvalue weighted by Crippen LogP contribution is 2.21. The lowest BCUT2D eigenvalue weighted by molar-refractivity contribution is -0.123. The Labute approximate surface area is 175 Å². The molecule has 8 nitrogen and oxygen atoms in total. The first kappa shape index (κ1) is 23.6. The van der Waals surface area contributed by atoms with Crippen molar-refractivity contribution < 1.29 is 19.1 Å². The molecule has 3 rings (SSSR count). The molecule has 1 aromatic carbocycles. The lowest BCUT2D eigenvalue weighted by atomic mass is 10.1. The van der Waals surface area contributed by atoms with Gasteiger partial charge in [-0.15, -0.1) is 24.8 Å². The fourth-order valence-electron chi connectivity index (χ4n) is 2.60. The topological polar surface area (TPSA) is 116 Å². The number of benzene rings is 1. The molecule has 1 aliphatic rings. The van der Waals surface area contributed by atoms with E-state index in [4.69, 9.17) is 15.2 Å². The highest BCUT2D eigenvalue weighted by atomic mass is 35.5. The molecular formula is C18H22Cl2N4O4. The number of morpholine rings is 1. The van der Waals surface area contributed by atoms with Crippen LogP contribution in [0.3, 0.4) is 0 Å². The van der Waals surface area contributed by atoms with Gasteiger partial charge < -0.3 is 25.8 Å². The number of rotatable bonds is 5. The summed E-state index contributed by atoms with van der Waals surface area (Å²) in [7, 11) is 0. The SMILES string of the molecule is C[C@H]1OCCN[C@@H]1C(=O)Nc1ccc(Oc2cccc(C(N)=O)c2)nc1.Cl.Cl. The van der Waals surface area contributed by atoms with Crippen LogP contribution < -0.4 is 21.1 Å². The molecule has 0 unspecified atom stereocenters. The van der Waals surface area contributed by atoms with Gasteiger partial charge in [0.05, 0.1) is 24.6 Å². The zero-order valence-corrected chi connectivity index (χ0v) is 16.7. The van der Waals surface area contributed by atoms with Crippen molar-refractivity contribution in [1.82, 2.24) is 10.3 Å². The molecule has 10 heteroatoms. The third-order valence-corrected chi connectivity index (χ3v) is 3.94. The van der Waals surface area contributed by atoms with Crippen LogP contribution in [0.25, 0.3) is 0 Å². The number of nitrogens with two attached hydrogens (primary N) is 1. The first-order chi connectivity index (χ1) is 12.5. The Kier molecular flexibility index (Phi) is 9.14. The smallest absolute Gasteiger partial charge is 0.248 e. The van der Waals surface area contributed by atoms with Crippen LogP contribution in [0.1, 0.15) is 17.3 Å². The molecule has 0 radical (unpaired) electrons. The van der Waals surface area contributed by atoms with Crippen molar-refractivity contribution in [2.45, 2.75) is 19.1 Å². The Hall–Kier alpha value is -2.39. The summed E-state index contributed by atoms with van der Waals surface area (Å²) in [6.45, 7) is 3.08. The molecule has 2 heterocycles. The number of hydrogen-bond acceptors (Lipinski definition) is 6. The maximum Gasteiger partial charge on any atom is 0.248 e. The highest BCUT2D eigenvalue weighted by molar-refractivity contribution is 5.95. The quantitative estimate of drug-likeness (QED) is 0.671. The van der Waals surface area contributed by atoms with Gasteiger partial charge >= 0.3 is 0 Å². The van der Waals surface area contributed by atoms with Crippen LogP contribution in [0, 0.1) is 0 Å². The summed E-state index contributed by atoms with van der Waals surface area (Å²) in [4.78, 5) is 27.7. The summed E-state index contributed by atoms with van der Waals surface area (Å²) in [5.74, 6) is 0.0675. The van der Waals surface area contributed by atoms with E-state index < -0.39 is 11.9 Å². The van der Waals surface area contributed by atoms with Crippen molar-refractivity contribution in [3.05, 3.63) is 48.2 Å². The number of amides is 2. The van der Waals surface area contributed by atoms with E-state index in [1.807, 2.05) is 6.92 Å². The van der Waals surface area contributed by atoms with Crippen molar-refractivity contribution in [3.8, 4) is 11.6 Å². The molecular weight excluding hydrogens is 407 g/mol. The highest BCUT2D eigenvalue weighted by Gasteiger charge is 2.28. The van der Waals surface area contributed by atoms with E-state index in [0.717, 1.165) is 0 Å². The molecule has 1 fully saturated rings. The molecule has 1 aromatic heterocycles. The monoisotopic (exact) mass is 428 g/mol. The molecule has 1 saturated heterocycles. The van der Waals surface area contributed by atoms with Gasteiger partial charge in [0.25, 0.3) is 0 Å². The van der Waals surface area contributed by atoms with E-state index in [1.54, 1.807) is 30.3 Å². The van der Waals surface area contributed by atoms with Crippen LogP contribution >= 0.6 is 24.8 Å². The van der Waals surface area contributed by atoms with E-state index >= 15 is 0 Å². The summed E-state index contributed by atoms with van der Waals surface area (Å²) < 4.78 is 11.1. The number of carbonyl (C=O) groups is 2. The number of aromatic nitrogens is 1. The van der Waals surface area contributed by atoms with Crippen molar-refractivity contribution in [2.75, 3.05) is 18.5 Å². The van der Waals surface area contributed by atoms with Crippen LogP contribution in [0.2, 0.25) is 0 Å². The second kappa shape index (κ2) is 10.8. The number of halogens is 2. The van der Waals surface area contributed by atoms with Crippen molar-refractivity contribution in [1.29, 1.82) is 0 Å². The summed E-state index contributed by atoms with van der Waals surface area (Å²) in [6.07, 6.45) is 1.30. The Balaban J connectivity index is 0.00000196. The molecule has 2 aromatic rings. The van der Waals surface area contributed by atoms with Crippen LogP contribution in [0.15, 0.2) is 42.6 Å². The Morgan fingerprint density at radius 2 is 2.07 bits per heavy atom. The van der Waals surface area contributed by atoms with Gasteiger partial charge in [-0.1, -0.05) is 6.07 Å².